The molecule has 3 saturated heterocycles. The lowest BCUT2D eigenvalue weighted by Crippen LogP contribution is -2.47. The van der Waals surface area contributed by atoms with E-state index in [1.165, 1.54) is 10.5 Å². The highest BCUT2D eigenvalue weighted by atomic mass is 16.5. The standard InChI is InChI=1S/C31H37N3O4/c35-29(32-16-13-23(14-17-32)19-22-7-2-1-3-8-22)24-9-5-15-33(20-24)27-12-4-11-26-28(27)31(37)34(30(26)36)21-25-10-6-18-38-25/h1-4,7-8,11-12,23-25H,5-6,9-10,13-21H2/t24-,25-/m0/s1. The SMILES string of the molecule is O=C([C@H]1CCCN(c2cccc3c2C(=O)N(C[C@@H]2CCCO2)C3=O)C1)N1CCC(Cc2ccccc2)CC1. The summed E-state index contributed by atoms with van der Waals surface area (Å²) in [5.74, 6) is 0.316. The van der Waals surface area contributed by atoms with Crippen LogP contribution in [-0.2, 0) is 16.0 Å². The molecule has 38 heavy (non-hydrogen) atoms. The summed E-state index contributed by atoms with van der Waals surface area (Å²) in [4.78, 5) is 45.7. The van der Waals surface area contributed by atoms with Gasteiger partial charge in [-0.3, -0.25) is 19.3 Å². The van der Waals surface area contributed by atoms with Gasteiger partial charge in [0.05, 0.1) is 35.4 Å². The van der Waals surface area contributed by atoms with Gasteiger partial charge in [-0.2, -0.15) is 0 Å². The number of carbonyl (C=O) groups is 3. The van der Waals surface area contributed by atoms with Gasteiger partial charge in [-0.25, -0.2) is 0 Å². The predicted molar refractivity (Wildman–Crippen MR) is 145 cm³/mol. The number of amides is 3. The van der Waals surface area contributed by atoms with Crippen LogP contribution < -0.4 is 4.90 Å². The maximum atomic E-state index is 13.5. The molecule has 7 nitrogen and oxygen atoms in total. The van der Waals surface area contributed by atoms with Crippen LogP contribution in [0.3, 0.4) is 0 Å². The van der Waals surface area contributed by atoms with E-state index in [0.29, 0.717) is 36.7 Å². The first-order valence-electron chi connectivity index (χ1n) is 14.3. The lowest BCUT2D eigenvalue weighted by molar-refractivity contribution is -0.137. The number of imide groups is 1. The molecule has 3 fully saturated rings. The smallest absolute Gasteiger partial charge is 0.263 e. The van der Waals surface area contributed by atoms with Crippen LogP contribution in [-0.4, -0.2) is 73.0 Å². The molecule has 0 spiro atoms. The van der Waals surface area contributed by atoms with Gasteiger partial charge < -0.3 is 14.5 Å². The maximum Gasteiger partial charge on any atom is 0.263 e. The van der Waals surface area contributed by atoms with Gasteiger partial charge >= 0.3 is 0 Å². The highest BCUT2D eigenvalue weighted by Crippen LogP contribution is 2.35. The molecule has 0 aliphatic carbocycles. The van der Waals surface area contributed by atoms with E-state index in [-0.39, 0.29) is 29.7 Å². The van der Waals surface area contributed by atoms with Crippen LogP contribution in [0, 0.1) is 11.8 Å². The third kappa shape index (κ3) is 4.96. The Hall–Kier alpha value is -3.19. The van der Waals surface area contributed by atoms with Crippen LogP contribution in [0.1, 0.15) is 64.8 Å². The number of ether oxygens (including phenoxy) is 1. The third-order valence-corrected chi connectivity index (χ3v) is 8.79. The van der Waals surface area contributed by atoms with E-state index < -0.39 is 0 Å². The molecule has 4 aliphatic rings. The Kier molecular flexibility index (Phi) is 7.20. The Bertz CT molecular complexity index is 1180. The summed E-state index contributed by atoms with van der Waals surface area (Å²) < 4.78 is 5.69. The van der Waals surface area contributed by atoms with Gasteiger partial charge in [0.15, 0.2) is 0 Å². The van der Waals surface area contributed by atoms with Gasteiger partial charge in [-0.15, -0.1) is 0 Å². The van der Waals surface area contributed by atoms with E-state index in [9.17, 15) is 14.4 Å². The van der Waals surface area contributed by atoms with Crippen LogP contribution in [0.5, 0.6) is 0 Å². The zero-order valence-electron chi connectivity index (χ0n) is 22.0. The van der Waals surface area contributed by atoms with E-state index in [0.717, 1.165) is 70.3 Å². The molecule has 2 atom stereocenters. The van der Waals surface area contributed by atoms with Crippen LogP contribution in [0.2, 0.25) is 0 Å². The Morgan fingerprint density at radius 2 is 1.68 bits per heavy atom. The molecule has 2 aromatic carbocycles. The van der Waals surface area contributed by atoms with Crippen LogP contribution in [0.25, 0.3) is 0 Å². The monoisotopic (exact) mass is 515 g/mol. The van der Waals surface area contributed by atoms with E-state index in [4.69, 9.17) is 4.74 Å². The van der Waals surface area contributed by atoms with Crippen molar-refractivity contribution < 1.29 is 19.1 Å². The minimum Gasteiger partial charge on any atom is -0.376 e. The summed E-state index contributed by atoms with van der Waals surface area (Å²) in [7, 11) is 0. The number of rotatable bonds is 6. The summed E-state index contributed by atoms with van der Waals surface area (Å²) in [6, 6.07) is 16.2. The number of anilines is 1. The molecule has 4 heterocycles. The average Bonchev–Trinajstić information content (AvgIpc) is 3.56. The minimum absolute atomic E-state index is 0.0746. The average molecular weight is 516 g/mol. The molecule has 200 valence electrons. The fourth-order valence-corrected chi connectivity index (χ4v) is 6.70. The molecule has 4 aliphatic heterocycles. The number of piperidine rings is 2. The van der Waals surface area contributed by atoms with Crippen molar-refractivity contribution in [2.75, 3.05) is 44.2 Å². The first-order valence-corrected chi connectivity index (χ1v) is 14.3. The second-order valence-electron chi connectivity index (χ2n) is 11.3. The molecule has 0 N–H and O–H groups in total. The van der Waals surface area contributed by atoms with E-state index in [2.05, 4.69) is 40.1 Å². The Morgan fingerprint density at radius 1 is 0.868 bits per heavy atom. The van der Waals surface area contributed by atoms with Gasteiger partial charge in [-0.05, 0) is 68.6 Å². The van der Waals surface area contributed by atoms with Gasteiger partial charge in [0.1, 0.15) is 0 Å². The van der Waals surface area contributed by atoms with E-state index >= 15 is 0 Å². The summed E-state index contributed by atoms with van der Waals surface area (Å²) in [6.45, 7) is 4.01. The van der Waals surface area contributed by atoms with Crippen molar-refractivity contribution in [3.05, 3.63) is 65.2 Å². The molecule has 0 bridgehead atoms. The molecule has 0 radical (unpaired) electrons. The van der Waals surface area contributed by atoms with Crippen molar-refractivity contribution >= 4 is 23.4 Å². The van der Waals surface area contributed by atoms with Gasteiger partial charge in [0.25, 0.3) is 11.8 Å². The Morgan fingerprint density at radius 3 is 2.45 bits per heavy atom. The van der Waals surface area contributed by atoms with Crippen molar-refractivity contribution in [1.82, 2.24) is 9.80 Å². The highest BCUT2D eigenvalue weighted by molar-refractivity contribution is 6.23. The second kappa shape index (κ2) is 10.9. The number of benzene rings is 2. The molecular weight excluding hydrogens is 478 g/mol. The molecule has 0 saturated carbocycles. The van der Waals surface area contributed by atoms with Gasteiger partial charge in [0, 0.05) is 32.8 Å². The van der Waals surface area contributed by atoms with E-state index in [1.807, 2.05) is 12.1 Å². The molecule has 2 aromatic rings. The normalized spacial score (nSPS) is 24.3. The fourth-order valence-electron chi connectivity index (χ4n) is 6.70. The summed E-state index contributed by atoms with van der Waals surface area (Å²) in [5.41, 5.74) is 3.12. The first-order chi connectivity index (χ1) is 18.6. The minimum atomic E-state index is -0.231. The van der Waals surface area contributed by atoms with Crippen molar-refractivity contribution in [1.29, 1.82) is 0 Å². The summed E-state index contributed by atoms with van der Waals surface area (Å²) in [5, 5.41) is 0. The molecule has 6 rings (SSSR count). The number of nitrogens with zero attached hydrogens (tertiary/aromatic N) is 3. The number of hydrogen-bond acceptors (Lipinski definition) is 5. The molecular formula is C31H37N3O4. The van der Waals surface area contributed by atoms with Crippen molar-refractivity contribution in [3.8, 4) is 0 Å². The lowest BCUT2D eigenvalue weighted by atomic mass is 9.88. The predicted octanol–water partition coefficient (Wildman–Crippen LogP) is 4.16. The third-order valence-electron chi connectivity index (χ3n) is 8.79. The topological polar surface area (TPSA) is 70.2 Å². The molecule has 3 amide bonds. The zero-order valence-corrected chi connectivity index (χ0v) is 22.0. The van der Waals surface area contributed by atoms with Crippen LogP contribution >= 0.6 is 0 Å². The lowest BCUT2D eigenvalue weighted by Gasteiger charge is -2.39. The summed E-state index contributed by atoms with van der Waals surface area (Å²) >= 11 is 0. The highest BCUT2D eigenvalue weighted by Gasteiger charge is 2.41. The number of carbonyl (C=O) groups excluding carboxylic acids is 3. The molecule has 7 heteroatoms. The largest absolute Gasteiger partial charge is 0.376 e. The first kappa shape index (κ1) is 25.1. The Balaban J connectivity index is 1.10. The van der Waals surface area contributed by atoms with Crippen molar-refractivity contribution in [3.63, 3.8) is 0 Å². The maximum absolute atomic E-state index is 13.5. The van der Waals surface area contributed by atoms with Gasteiger partial charge in [-0.1, -0.05) is 36.4 Å². The summed E-state index contributed by atoms with van der Waals surface area (Å²) in [6.07, 6.45) is 6.69. The van der Waals surface area contributed by atoms with Crippen molar-refractivity contribution in [2.45, 2.75) is 51.0 Å². The number of fused-ring (bicyclic) bond motifs is 1. The second-order valence-corrected chi connectivity index (χ2v) is 11.3. The number of likely N-dealkylation sites (tertiary alicyclic amines) is 1. The number of hydrogen-bond donors (Lipinski definition) is 0. The Labute approximate surface area is 224 Å². The van der Waals surface area contributed by atoms with Gasteiger partial charge in [0.2, 0.25) is 5.91 Å². The molecule has 0 unspecified atom stereocenters. The van der Waals surface area contributed by atoms with Crippen LogP contribution in [0.15, 0.2) is 48.5 Å². The van der Waals surface area contributed by atoms with Crippen molar-refractivity contribution in [2.24, 2.45) is 11.8 Å². The zero-order chi connectivity index (χ0) is 26.1. The van der Waals surface area contributed by atoms with E-state index in [1.54, 1.807) is 6.07 Å². The quantitative estimate of drug-likeness (QED) is 0.541. The molecule has 0 aromatic heterocycles. The fraction of sp³-hybridized carbons (Fsp3) is 0.516. The van der Waals surface area contributed by atoms with Crippen LogP contribution in [0.4, 0.5) is 5.69 Å².